The maximum atomic E-state index is 11.7. The average molecular weight is 442 g/mol. The summed E-state index contributed by atoms with van der Waals surface area (Å²) in [6, 6.07) is 0. The van der Waals surface area contributed by atoms with Crippen LogP contribution < -0.4 is 10.6 Å². The Bertz CT molecular complexity index is 366. The smallest absolute Gasteiger partial charge is 0.243 e. The van der Waals surface area contributed by atoms with Crippen LogP contribution in [-0.4, -0.2) is 63.7 Å². The van der Waals surface area contributed by atoms with Crippen LogP contribution >= 0.6 is 24.0 Å². The van der Waals surface area contributed by atoms with Gasteiger partial charge < -0.3 is 20.3 Å². The lowest BCUT2D eigenvalue weighted by molar-refractivity contribution is -0.127. The summed E-state index contributed by atoms with van der Waals surface area (Å²) < 4.78 is 5.53. The molecule has 0 radical (unpaired) electrons. The van der Waals surface area contributed by atoms with Gasteiger partial charge in [-0.15, -0.1) is 24.0 Å². The number of guanidine groups is 1. The molecule has 0 fully saturated rings. The van der Waals surface area contributed by atoms with Crippen LogP contribution in [0.2, 0.25) is 0 Å². The van der Waals surface area contributed by atoms with Crippen molar-refractivity contribution in [3.8, 4) is 0 Å². The van der Waals surface area contributed by atoms with E-state index in [1.54, 1.807) is 21.2 Å². The Hall–Kier alpha value is -0.570. The Kier molecular flexibility index (Phi) is 12.8. The zero-order valence-electron chi connectivity index (χ0n) is 15.9. The van der Waals surface area contributed by atoms with Gasteiger partial charge in [0.2, 0.25) is 5.91 Å². The summed E-state index contributed by atoms with van der Waals surface area (Å²) in [7, 11) is 5.17. The Labute approximate surface area is 158 Å². The van der Waals surface area contributed by atoms with E-state index in [0.717, 1.165) is 6.54 Å². The third kappa shape index (κ3) is 11.6. The number of hydrogen-bond donors (Lipinski definition) is 2. The van der Waals surface area contributed by atoms with Gasteiger partial charge in [0, 0.05) is 34.3 Å². The van der Waals surface area contributed by atoms with Crippen molar-refractivity contribution in [2.24, 2.45) is 16.3 Å². The number of aliphatic imine (C=N–C) groups is 1. The highest BCUT2D eigenvalue weighted by atomic mass is 127. The molecule has 7 heteroatoms. The summed E-state index contributed by atoms with van der Waals surface area (Å²) >= 11 is 0. The summed E-state index contributed by atoms with van der Waals surface area (Å²) in [4.78, 5) is 17.6. The van der Waals surface area contributed by atoms with Crippen molar-refractivity contribution < 1.29 is 9.53 Å². The van der Waals surface area contributed by atoms with E-state index in [2.05, 4.69) is 50.2 Å². The number of nitrogens with one attached hydrogen (secondary N) is 2. The minimum absolute atomic E-state index is 0. The third-order valence-electron chi connectivity index (χ3n) is 3.25. The summed E-state index contributed by atoms with van der Waals surface area (Å²) in [5.74, 6) is 1.12. The van der Waals surface area contributed by atoms with Gasteiger partial charge in [0.05, 0.1) is 6.10 Å². The molecule has 0 aliphatic carbocycles. The molecule has 6 nitrogen and oxygen atoms in total. The van der Waals surface area contributed by atoms with E-state index >= 15 is 0 Å². The fraction of sp³-hybridized carbons (Fsp3) is 0.875. The van der Waals surface area contributed by atoms with Crippen LogP contribution in [0.4, 0.5) is 0 Å². The predicted molar refractivity (Wildman–Crippen MR) is 108 cm³/mol. The summed E-state index contributed by atoms with van der Waals surface area (Å²) in [6.07, 6.45) is 0.0584. The molecule has 0 bridgehead atoms. The largest absolute Gasteiger partial charge is 0.379 e. The quantitative estimate of drug-likeness (QED) is 0.360. The molecule has 0 saturated heterocycles. The SMILES string of the molecule is COC(CNC(=NCC(=O)N(C)C)NCC(C)C)C(C)(C)C.I. The highest BCUT2D eigenvalue weighted by molar-refractivity contribution is 14.0. The van der Waals surface area contributed by atoms with Crippen LogP contribution in [0, 0.1) is 11.3 Å². The van der Waals surface area contributed by atoms with Crippen LogP contribution in [0.5, 0.6) is 0 Å². The first-order valence-corrected chi connectivity index (χ1v) is 7.83. The Balaban J connectivity index is 0. The molecule has 0 aromatic rings. The van der Waals surface area contributed by atoms with Crippen LogP contribution in [0.1, 0.15) is 34.6 Å². The number of carbonyl (C=O) groups is 1. The van der Waals surface area contributed by atoms with Gasteiger partial charge in [-0.05, 0) is 11.3 Å². The van der Waals surface area contributed by atoms with Gasteiger partial charge in [-0.2, -0.15) is 0 Å². The van der Waals surface area contributed by atoms with E-state index in [1.165, 1.54) is 4.90 Å². The van der Waals surface area contributed by atoms with Crippen LogP contribution in [0.15, 0.2) is 4.99 Å². The number of hydrogen-bond acceptors (Lipinski definition) is 3. The number of likely N-dealkylation sites (N-methyl/N-ethyl adjacent to an activating group) is 1. The number of rotatable bonds is 7. The summed E-state index contributed by atoms with van der Waals surface area (Å²) in [6.45, 7) is 12.2. The van der Waals surface area contributed by atoms with Gasteiger partial charge in [0.25, 0.3) is 0 Å². The molecule has 0 heterocycles. The lowest BCUT2D eigenvalue weighted by Crippen LogP contribution is -2.46. The van der Waals surface area contributed by atoms with Crippen LogP contribution in [0.3, 0.4) is 0 Å². The first kappa shape index (κ1) is 24.7. The molecule has 2 N–H and O–H groups in total. The van der Waals surface area contributed by atoms with Gasteiger partial charge >= 0.3 is 0 Å². The first-order valence-electron chi connectivity index (χ1n) is 7.83. The van der Waals surface area contributed by atoms with E-state index in [-0.39, 0.29) is 47.9 Å². The molecule has 0 rings (SSSR count). The van der Waals surface area contributed by atoms with Gasteiger partial charge in [-0.3, -0.25) is 4.79 Å². The lowest BCUT2D eigenvalue weighted by atomic mass is 9.89. The maximum Gasteiger partial charge on any atom is 0.243 e. The van der Waals surface area contributed by atoms with Gasteiger partial charge in [0.15, 0.2) is 5.96 Å². The number of methoxy groups -OCH3 is 1. The van der Waals surface area contributed by atoms with Crippen molar-refractivity contribution in [3.63, 3.8) is 0 Å². The molecule has 0 saturated carbocycles. The summed E-state index contributed by atoms with van der Waals surface area (Å²) in [5.41, 5.74) is 0.0321. The van der Waals surface area contributed by atoms with Crippen LogP contribution in [-0.2, 0) is 9.53 Å². The van der Waals surface area contributed by atoms with E-state index in [0.29, 0.717) is 18.4 Å². The molecule has 1 amide bonds. The monoisotopic (exact) mass is 442 g/mol. The fourth-order valence-electron chi connectivity index (χ4n) is 1.70. The molecule has 1 atom stereocenters. The summed E-state index contributed by atoms with van der Waals surface area (Å²) in [5, 5.41) is 6.53. The molecule has 23 heavy (non-hydrogen) atoms. The number of ether oxygens (including phenoxy) is 1. The van der Waals surface area contributed by atoms with Crippen molar-refractivity contribution in [2.45, 2.75) is 40.7 Å². The second kappa shape index (κ2) is 11.9. The molecule has 0 aliphatic heterocycles. The van der Waals surface area contributed by atoms with E-state index in [1.807, 2.05) is 0 Å². The number of halogens is 1. The molecule has 0 aromatic heterocycles. The molecule has 0 aliphatic rings. The van der Waals surface area contributed by atoms with Gasteiger partial charge in [-0.1, -0.05) is 34.6 Å². The second-order valence-electron chi connectivity index (χ2n) is 7.20. The number of amides is 1. The Morgan fingerprint density at radius 1 is 1.17 bits per heavy atom. The minimum atomic E-state index is -0.0234. The normalized spacial score (nSPS) is 13.3. The maximum absolute atomic E-state index is 11.7. The average Bonchev–Trinajstić information content (AvgIpc) is 2.39. The molecule has 0 aromatic carbocycles. The predicted octanol–water partition coefficient (Wildman–Crippen LogP) is 1.94. The fourth-order valence-corrected chi connectivity index (χ4v) is 1.70. The number of nitrogens with zero attached hydrogens (tertiary/aromatic N) is 2. The molecule has 0 spiro atoms. The zero-order valence-corrected chi connectivity index (χ0v) is 18.2. The van der Waals surface area contributed by atoms with Crippen molar-refractivity contribution in [1.82, 2.24) is 15.5 Å². The third-order valence-corrected chi connectivity index (χ3v) is 3.25. The van der Waals surface area contributed by atoms with Gasteiger partial charge in [-0.25, -0.2) is 4.99 Å². The topological polar surface area (TPSA) is 66.0 Å². The van der Waals surface area contributed by atoms with E-state index in [4.69, 9.17) is 4.74 Å². The molecule has 1 unspecified atom stereocenters. The Morgan fingerprint density at radius 2 is 1.70 bits per heavy atom. The zero-order chi connectivity index (χ0) is 17.3. The van der Waals surface area contributed by atoms with Crippen molar-refractivity contribution in [2.75, 3.05) is 40.8 Å². The van der Waals surface area contributed by atoms with Crippen molar-refractivity contribution in [3.05, 3.63) is 0 Å². The van der Waals surface area contributed by atoms with Gasteiger partial charge in [0.1, 0.15) is 6.54 Å². The van der Waals surface area contributed by atoms with E-state index < -0.39 is 0 Å². The minimum Gasteiger partial charge on any atom is -0.379 e. The standard InChI is InChI=1S/C16H34N4O2.HI/c1-12(2)9-17-15(19-11-14(21)20(6)7)18-10-13(22-8)16(3,4)5;/h12-13H,9-11H2,1-8H3,(H2,17,18,19);1H. The van der Waals surface area contributed by atoms with Crippen LogP contribution in [0.25, 0.3) is 0 Å². The first-order chi connectivity index (χ1) is 10.1. The number of carbonyl (C=O) groups excluding carboxylic acids is 1. The molecule has 138 valence electrons. The van der Waals surface area contributed by atoms with E-state index in [9.17, 15) is 4.79 Å². The van der Waals surface area contributed by atoms with Crippen molar-refractivity contribution >= 4 is 35.8 Å². The second-order valence-corrected chi connectivity index (χ2v) is 7.20. The Morgan fingerprint density at radius 3 is 2.09 bits per heavy atom. The molecular formula is C16H35IN4O2. The highest BCUT2D eigenvalue weighted by Crippen LogP contribution is 2.20. The van der Waals surface area contributed by atoms with Crippen molar-refractivity contribution in [1.29, 1.82) is 0 Å². The molecular weight excluding hydrogens is 407 g/mol. The highest BCUT2D eigenvalue weighted by Gasteiger charge is 2.24. The lowest BCUT2D eigenvalue weighted by Gasteiger charge is -2.30.